The first-order valence-electron chi connectivity index (χ1n) is 7.99. The number of hydrogen-bond donors (Lipinski definition) is 1. The molecule has 0 radical (unpaired) electrons. The fraction of sp³-hybridized carbons (Fsp3) is 0.150. The standard InChI is InChI=1S/C20H19N3O2/c1-23(2)20(25)16-10-8-14(9-11-16)13-22-19(24)17-7-3-5-15-6-4-12-21-18(15)17/h3-12H,13H2,1-2H3,(H,22,24). The Hall–Kier alpha value is -3.21. The Labute approximate surface area is 146 Å². The van der Waals surface area contributed by atoms with Gasteiger partial charge in [0.05, 0.1) is 11.1 Å². The summed E-state index contributed by atoms with van der Waals surface area (Å²) in [7, 11) is 3.43. The molecule has 0 aliphatic rings. The Morgan fingerprint density at radius 2 is 1.72 bits per heavy atom. The third-order valence-electron chi connectivity index (χ3n) is 3.94. The van der Waals surface area contributed by atoms with Gasteiger partial charge in [-0.15, -0.1) is 0 Å². The van der Waals surface area contributed by atoms with Gasteiger partial charge in [0.25, 0.3) is 11.8 Å². The first-order valence-corrected chi connectivity index (χ1v) is 7.99. The third kappa shape index (κ3) is 3.66. The molecule has 5 heteroatoms. The van der Waals surface area contributed by atoms with Gasteiger partial charge >= 0.3 is 0 Å². The van der Waals surface area contributed by atoms with Crippen LogP contribution in [-0.4, -0.2) is 35.8 Å². The number of nitrogens with zero attached hydrogens (tertiary/aromatic N) is 2. The van der Waals surface area contributed by atoms with Gasteiger partial charge in [0.1, 0.15) is 0 Å². The maximum atomic E-state index is 12.5. The van der Waals surface area contributed by atoms with E-state index in [1.54, 1.807) is 38.5 Å². The second kappa shape index (κ2) is 7.13. The van der Waals surface area contributed by atoms with Crippen molar-refractivity contribution in [2.45, 2.75) is 6.54 Å². The second-order valence-corrected chi connectivity index (χ2v) is 5.96. The lowest BCUT2D eigenvalue weighted by molar-refractivity contribution is 0.0827. The number of carbonyl (C=O) groups excluding carboxylic acids is 2. The number of rotatable bonds is 4. The minimum Gasteiger partial charge on any atom is -0.348 e. The van der Waals surface area contributed by atoms with Gasteiger partial charge in [0.15, 0.2) is 0 Å². The van der Waals surface area contributed by atoms with Crippen molar-refractivity contribution in [2.75, 3.05) is 14.1 Å². The van der Waals surface area contributed by atoms with Crippen molar-refractivity contribution < 1.29 is 9.59 Å². The van der Waals surface area contributed by atoms with Gasteiger partial charge in [0, 0.05) is 37.8 Å². The van der Waals surface area contributed by atoms with Gasteiger partial charge < -0.3 is 10.2 Å². The molecule has 2 amide bonds. The molecule has 2 aromatic carbocycles. The molecule has 0 atom stereocenters. The minimum absolute atomic E-state index is 0.0441. The van der Waals surface area contributed by atoms with Crippen LogP contribution < -0.4 is 5.32 Å². The molecule has 0 aliphatic heterocycles. The van der Waals surface area contributed by atoms with Crippen molar-refractivity contribution in [1.29, 1.82) is 0 Å². The van der Waals surface area contributed by atoms with E-state index in [0.29, 0.717) is 23.2 Å². The summed E-state index contributed by atoms with van der Waals surface area (Å²) in [6, 6.07) is 16.5. The van der Waals surface area contributed by atoms with Gasteiger partial charge in [-0.2, -0.15) is 0 Å². The van der Waals surface area contributed by atoms with Gasteiger partial charge in [-0.3, -0.25) is 14.6 Å². The van der Waals surface area contributed by atoms with Crippen molar-refractivity contribution >= 4 is 22.7 Å². The number of pyridine rings is 1. The Kier molecular flexibility index (Phi) is 4.75. The van der Waals surface area contributed by atoms with E-state index in [0.717, 1.165) is 10.9 Å². The van der Waals surface area contributed by atoms with E-state index in [1.807, 2.05) is 36.4 Å². The first kappa shape index (κ1) is 16.6. The smallest absolute Gasteiger partial charge is 0.253 e. The van der Waals surface area contributed by atoms with Crippen LogP contribution in [0.5, 0.6) is 0 Å². The lowest BCUT2D eigenvalue weighted by atomic mass is 10.1. The van der Waals surface area contributed by atoms with Gasteiger partial charge in [0.2, 0.25) is 0 Å². The van der Waals surface area contributed by atoms with Gasteiger partial charge in [-0.05, 0) is 29.8 Å². The number of carbonyl (C=O) groups is 2. The molecule has 3 aromatic rings. The molecule has 3 rings (SSSR count). The van der Waals surface area contributed by atoms with E-state index in [1.165, 1.54) is 4.90 Å². The van der Waals surface area contributed by atoms with E-state index in [2.05, 4.69) is 10.3 Å². The number of aromatic nitrogens is 1. The highest BCUT2D eigenvalue weighted by Crippen LogP contribution is 2.16. The molecule has 1 N–H and O–H groups in total. The van der Waals surface area contributed by atoms with Crippen LogP contribution >= 0.6 is 0 Å². The van der Waals surface area contributed by atoms with Crippen molar-refractivity contribution in [2.24, 2.45) is 0 Å². The fourth-order valence-corrected chi connectivity index (χ4v) is 2.59. The molecule has 1 heterocycles. The van der Waals surface area contributed by atoms with E-state index in [9.17, 15) is 9.59 Å². The largest absolute Gasteiger partial charge is 0.348 e. The lowest BCUT2D eigenvalue weighted by Gasteiger charge is -2.11. The van der Waals surface area contributed by atoms with Crippen molar-refractivity contribution in [3.63, 3.8) is 0 Å². The Bertz CT molecular complexity index is 912. The summed E-state index contributed by atoms with van der Waals surface area (Å²) in [6.45, 7) is 0.387. The number of hydrogen-bond acceptors (Lipinski definition) is 3. The van der Waals surface area contributed by atoms with Crippen LogP contribution in [0.3, 0.4) is 0 Å². The van der Waals surface area contributed by atoms with Gasteiger partial charge in [-0.1, -0.05) is 30.3 Å². The van der Waals surface area contributed by atoms with E-state index >= 15 is 0 Å². The summed E-state index contributed by atoms with van der Waals surface area (Å²) >= 11 is 0. The van der Waals surface area contributed by atoms with Crippen molar-refractivity contribution in [3.05, 3.63) is 77.5 Å². The lowest BCUT2D eigenvalue weighted by Crippen LogP contribution is -2.23. The zero-order valence-electron chi connectivity index (χ0n) is 14.2. The molecule has 0 aliphatic carbocycles. The molecule has 5 nitrogen and oxygen atoms in total. The van der Waals surface area contributed by atoms with Crippen LogP contribution in [0.25, 0.3) is 10.9 Å². The molecule has 0 unspecified atom stereocenters. The molecular formula is C20H19N3O2. The predicted molar refractivity (Wildman–Crippen MR) is 97.4 cm³/mol. The zero-order valence-corrected chi connectivity index (χ0v) is 14.2. The fourth-order valence-electron chi connectivity index (χ4n) is 2.59. The van der Waals surface area contributed by atoms with Crippen LogP contribution in [0.2, 0.25) is 0 Å². The molecule has 0 bridgehead atoms. The van der Waals surface area contributed by atoms with Crippen molar-refractivity contribution in [1.82, 2.24) is 15.2 Å². The molecule has 0 fully saturated rings. The number of amides is 2. The van der Waals surface area contributed by atoms with Crippen LogP contribution in [-0.2, 0) is 6.54 Å². The van der Waals surface area contributed by atoms with Crippen LogP contribution in [0.15, 0.2) is 60.8 Å². The maximum Gasteiger partial charge on any atom is 0.253 e. The summed E-state index contributed by atoms with van der Waals surface area (Å²) in [5.74, 6) is -0.213. The van der Waals surface area contributed by atoms with Crippen molar-refractivity contribution in [3.8, 4) is 0 Å². The molecule has 1 aromatic heterocycles. The van der Waals surface area contributed by atoms with Gasteiger partial charge in [-0.25, -0.2) is 0 Å². The topological polar surface area (TPSA) is 62.3 Å². The normalized spacial score (nSPS) is 10.5. The molecule has 25 heavy (non-hydrogen) atoms. The SMILES string of the molecule is CN(C)C(=O)c1ccc(CNC(=O)c2cccc3cccnc23)cc1. The monoisotopic (exact) mass is 333 g/mol. The number of nitrogens with one attached hydrogen (secondary N) is 1. The number of benzene rings is 2. The molecule has 126 valence electrons. The first-order chi connectivity index (χ1) is 12.1. The van der Waals surface area contributed by atoms with E-state index < -0.39 is 0 Å². The quantitative estimate of drug-likeness (QED) is 0.798. The highest BCUT2D eigenvalue weighted by molar-refractivity contribution is 6.05. The summed E-state index contributed by atoms with van der Waals surface area (Å²) in [4.78, 5) is 30.2. The van der Waals surface area contributed by atoms with E-state index in [-0.39, 0.29) is 11.8 Å². The van der Waals surface area contributed by atoms with Crippen LogP contribution in [0.4, 0.5) is 0 Å². The number of fused-ring (bicyclic) bond motifs is 1. The highest BCUT2D eigenvalue weighted by Gasteiger charge is 2.11. The summed E-state index contributed by atoms with van der Waals surface area (Å²) in [6.07, 6.45) is 1.68. The average molecular weight is 333 g/mol. The van der Waals surface area contributed by atoms with Crippen LogP contribution in [0.1, 0.15) is 26.3 Å². The second-order valence-electron chi connectivity index (χ2n) is 5.96. The molecule has 0 saturated carbocycles. The molecule has 0 spiro atoms. The Balaban J connectivity index is 1.71. The third-order valence-corrected chi connectivity index (χ3v) is 3.94. The number of para-hydroxylation sites is 1. The predicted octanol–water partition coefficient (Wildman–Crippen LogP) is 2.87. The Morgan fingerprint density at radius 1 is 1.00 bits per heavy atom. The molecule has 0 saturated heterocycles. The molecular weight excluding hydrogens is 314 g/mol. The highest BCUT2D eigenvalue weighted by atomic mass is 16.2. The van der Waals surface area contributed by atoms with Crippen LogP contribution in [0, 0.1) is 0 Å². The maximum absolute atomic E-state index is 12.5. The summed E-state index contributed by atoms with van der Waals surface area (Å²) in [5, 5.41) is 3.84. The Morgan fingerprint density at radius 3 is 2.44 bits per heavy atom. The van der Waals surface area contributed by atoms with E-state index in [4.69, 9.17) is 0 Å². The minimum atomic E-state index is -0.169. The zero-order chi connectivity index (χ0) is 17.8. The summed E-state index contributed by atoms with van der Waals surface area (Å²) < 4.78 is 0. The average Bonchev–Trinajstić information content (AvgIpc) is 2.65. The summed E-state index contributed by atoms with van der Waals surface area (Å²) in [5.41, 5.74) is 2.79.